The molecule has 31 heavy (non-hydrogen) atoms. The van der Waals surface area contributed by atoms with Gasteiger partial charge in [0.15, 0.2) is 10.9 Å². The monoisotopic (exact) mass is 442 g/mol. The Hall–Kier alpha value is -3.71. The Labute approximate surface area is 180 Å². The first-order chi connectivity index (χ1) is 14.9. The smallest absolute Gasteiger partial charge is 0.354 e. The zero-order valence-corrected chi connectivity index (χ0v) is 16.9. The Balaban J connectivity index is 1.86. The van der Waals surface area contributed by atoms with E-state index in [4.69, 9.17) is 5.26 Å². The van der Waals surface area contributed by atoms with Gasteiger partial charge in [-0.25, -0.2) is 18.6 Å². The van der Waals surface area contributed by atoms with Gasteiger partial charge in [-0.15, -0.1) is 0 Å². The van der Waals surface area contributed by atoms with Gasteiger partial charge in [0.05, 0.1) is 30.1 Å². The maximum absolute atomic E-state index is 14.2. The van der Waals surface area contributed by atoms with E-state index in [0.29, 0.717) is 5.69 Å². The Morgan fingerprint density at radius 1 is 1.16 bits per heavy atom. The second-order valence-corrected chi connectivity index (χ2v) is 7.18. The van der Waals surface area contributed by atoms with Crippen molar-refractivity contribution < 1.29 is 23.5 Å². The average Bonchev–Trinajstić information content (AvgIpc) is 3.18. The lowest BCUT2D eigenvalue weighted by atomic mass is 10.2. The van der Waals surface area contributed by atoms with E-state index in [2.05, 4.69) is 4.98 Å². The summed E-state index contributed by atoms with van der Waals surface area (Å²) in [5, 5.41) is 18.5. The number of aromatic nitrogens is 2. The zero-order chi connectivity index (χ0) is 22.4. The van der Waals surface area contributed by atoms with E-state index >= 15 is 0 Å². The molecule has 10 heteroatoms. The van der Waals surface area contributed by atoms with Gasteiger partial charge in [-0.1, -0.05) is 23.9 Å². The highest BCUT2D eigenvalue weighted by molar-refractivity contribution is 7.99. The SMILES string of the molecule is N#CCCN(C(=O)CSc1ncc(C(=O)O)n1-c1ccc(F)cc1)c1ccccc1F. The van der Waals surface area contributed by atoms with E-state index in [9.17, 15) is 23.5 Å². The van der Waals surface area contributed by atoms with Crippen molar-refractivity contribution in [1.82, 2.24) is 9.55 Å². The lowest BCUT2D eigenvalue weighted by Gasteiger charge is -2.22. The molecule has 0 radical (unpaired) electrons. The van der Waals surface area contributed by atoms with E-state index in [1.165, 1.54) is 51.9 Å². The highest BCUT2D eigenvalue weighted by Crippen LogP contribution is 2.26. The van der Waals surface area contributed by atoms with Crippen LogP contribution in [-0.4, -0.2) is 38.8 Å². The molecule has 0 aliphatic heterocycles. The predicted octanol–water partition coefficient (Wildman–Crippen LogP) is 3.89. The largest absolute Gasteiger partial charge is 0.477 e. The average molecular weight is 442 g/mol. The van der Waals surface area contributed by atoms with Crippen LogP contribution in [0.4, 0.5) is 14.5 Å². The second-order valence-electron chi connectivity index (χ2n) is 6.24. The number of halogens is 2. The van der Waals surface area contributed by atoms with Crippen molar-refractivity contribution in [2.24, 2.45) is 0 Å². The molecule has 158 valence electrons. The van der Waals surface area contributed by atoms with Gasteiger partial charge in [0.25, 0.3) is 0 Å². The first kappa shape index (κ1) is 22.0. The minimum absolute atomic E-state index is 0.00358. The molecule has 0 unspecified atom stereocenters. The number of imidazole rings is 1. The Kier molecular flexibility index (Phi) is 6.99. The molecule has 1 N–H and O–H groups in total. The number of carboxylic acid groups (broad SMARTS) is 1. The fourth-order valence-corrected chi connectivity index (χ4v) is 3.71. The van der Waals surface area contributed by atoms with Crippen LogP contribution < -0.4 is 4.90 Å². The van der Waals surface area contributed by atoms with Crippen LogP contribution in [0.5, 0.6) is 0 Å². The van der Waals surface area contributed by atoms with Crippen molar-refractivity contribution in [3.8, 4) is 11.8 Å². The summed E-state index contributed by atoms with van der Waals surface area (Å²) in [6, 6.07) is 12.8. The van der Waals surface area contributed by atoms with Gasteiger partial charge < -0.3 is 10.0 Å². The van der Waals surface area contributed by atoms with E-state index < -0.39 is 23.5 Å². The first-order valence-corrected chi connectivity index (χ1v) is 10.0. The van der Waals surface area contributed by atoms with Crippen LogP contribution in [0.1, 0.15) is 16.9 Å². The van der Waals surface area contributed by atoms with Gasteiger partial charge in [0.1, 0.15) is 11.6 Å². The molecule has 0 aliphatic rings. The number of rotatable bonds is 8. The van der Waals surface area contributed by atoms with Crippen molar-refractivity contribution >= 4 is 29.3 Å². The van der Waals surface area contributed by atoms with Crippen LogP contribution in [0.3, 0.4) is 0 Å². The molecule has 0 fully saturated rings. The lowest BCUT2D eigenvalue weighted by molar-refractivity contribution is -0.116. The molecular formula is C21H16F2N4O3S. The molecular weight excluding hydrogens is 426 g/mol. The standard InChI is InChI=1S/C21H16F2N4O3S/c22-14-6-8-15(9-7-14)27-18(20(29)30)12-25-21(27)31-13-19(28)26(11-3-10-24)17-5-2-1-4-16(17)23/h1-2,4-9,12H,3,11,13H2,(H,29,30). The first-order valence-electron chi connectivity index (χ1n) is 9.04. The quantitative estimate of drug-likeness (QED) is 0.532. The topological polar surface area (TPSA) is 99.2 Å². The molecule has 1 heterocycles. The molecule has 1 amide bonds. The molecule has 0 saturated heterocycles. The summed E-state index contributed by atoms with van der Waals surface area (Å²) in [5.74, 6) is -2.98. The highest BCUT2D eigenvalue weighted by atomic mass is 32.2. The van der Waals surface area contributed by atoms with Gasteiger partial charge >= 0.3 is 5.97 Å². The van der Waals surface area contributed by atoms with E-state index in [0.717, 1.165) is 18.0 Å². The molecule has 3 aromatic rings. The molecule has 0 saturated carbocycles. The van der Waals surface area contributed by atoms with E-state index in [-0.39, 0.29) is 35.3 Å². The molecule has 2 aromatic carbocycles. The summed E-state index contributed by atoms with van der Waals surface area (Å²) >= 11 is 0.953. The molecule has 7 nitrogen and oxygen atoms in total. The number of para-hydroxylation sites is 1. The van der Waals surface area contributed by atoms with Crippen LogP contribution >= 0.6 is 11.8 Å². The summed E-state index contributed by atoms with van der Waals surface area (Å²) in [6.07, 6.45) is 1.15. The third-order valence-corrected chi connectivity index (χ3v) is 5.19. The second kappa shape index (κ2) is 9.86. The van der Waals surface area contributed by atoms with Crippen LogP contribution in [-0.2, 0) is 4.79 Å². The summed E-state index contributed by atoms with van der Waals surface area (Å²) in [7, 11) is 0. The van der Waals surface area contributed by atoms with Gasteiger partial charge in [-0.2, -0.15) is 5.26 Å². The number of carbonyl (C=O) groups excluding carboxylic acids is 1. The number of anilines is 1. The van der Waals surface area contributed by atoms with Crippen molar-refractivity contribution in [3.63, 3.8) is 0 Å². The highest BCUT2D eigenvalue weighted by Gasteiger charge is 2.22. The minimum atomic E-state index is -1.24. The summed E-state index contributed by atoms with van der Waals surface area (Å²) in [5.41, 5.74) is 0.259. The number of benzene rings is 2. The fraction of sp³-hybridized carbons (Fsp3) is 0.143. The van der Waals surface area contributed by atoms with Crippen molar-refractivity contribution in [1.29, 1.82) is 5.26 Å². The number of nitrogens with zero attached hydrogens (tertiary/aromatic N) is 4. The van der Waals surface area contributed by atoms with Gasteiger partial charge in [0, 0.05) is 12.2 Å². The van der Waals surface area contributed by atoms with E-state index in [1.54, 1.807) is 6.07 Å². The molecule has 0 bridgehead atoms. The van der Waals surface area contributed by atoms with Crippen LogP contribution in [0, 0.1) is 23.0 Å². The number of amides is 1. The molecule has 3 rings (SSSR count). The lowest BCUT2D eigenvalue weighted by Crippen LogP contribution is -2.34. The minimum Gasteiger partial charge on any atom is -0.477 e. The van der Waals surface area contributed by atoms with Crippen LogP contribution in [0.25, 0.3) is 5.69 Å². The fourth-order valence-electron chi connectivity index (χ4n) is 2.84. The van der Waals surface area contributed by atoms with Gasteiger partial charge in [-0.05, 0) is 36.4 Å². The van der Waals surface area contributed by atoms with Crippen molar-refractivity contribution in [3.05, 3.63) is 72.1 Å². The Bertz CT molecular complexity index is 1140. The maximum Gasteiger partial charge on any atom is 0.354 e. The summed E-state index contributed by atoms with van der Waals surface area (Å²) < 4.78 is 28.8. The number of hydrogen-bond acceptors (Lipinski definition) is 5. The van der Waals surface area contributed by atoms with E-state index in [1.807, 2.05) is 6.07 Å². The van der Waals surface area contributed by atoms with Crippen molar-refractivity contribution in [2.45, 2.75) is 11.6 Å². The number of carbonyl (C=O) groups is 2. The normalized spacial score (nSPS) is 10.5. The van der Waals surface area contributed by atoms with Crippen molar-refractivity contribution in [2.75, 3.05) is 17.2 Å². The molecule has 1 aromatic heterocycles. The third-order valence-electron chi connectivity index (χ3n) is 4.25. The number of nitriles is 1. The number of aromatic carboxylic acids is 1. The number of thioether (sulfide) groups is 1. The van der Waals surface area contributed by atoms with Gasteiger partial charge in [-0.3, -0.25) is 9.36 Å². The molecule has 0 atom stereocenters. The molecule has 0 spiro atoms. The summed E-state index contributed by atoms with van der Waals surface area (Å²) in [4.78, 5) is 29.7. The maximum atomic E-state index is 14.2. The number of carboxylic acids is 1. The Morgan fingerprint density at radius 3 is 2.52 bits per heavy atom. The zero-order valence-electron chi connectivity index (χ0n) is 16.0. The van der Waals surface area contributed by atoms with Crippen LogP contribution in [0.2, 0.25) is 0 Å². The Morgan fingerprint density at radius 2 is 1.87 bits per heavy atom. The predicted molar refractivity (Wildman–Crippen MR) is 110 cm³/mol. The van der Waals surface area contributed by atoms with Crippen LogP contribution in [0.15, 0.2) is 59.9 Å². The third kappa shape index (κ3) is 5.07. The summed E-state index contributed by atoms with van der Waals surface area (Å²) in [6.45, 7) is 0.00358. The number of hydrogen-bond donors (Lipinski definition) is 1. The molecule has 0 aliphatic carbocycles. The van der Waals surface area contributed by atoms with Gasteiger partial charge in [0.2, 0.25) is 5.91 Å².